The summed E-state index contributed by atoms with van der Waals surface area (Å²) in [4.78, 5) is 5.33. The van der Waals surface area contributed by atoms with E-state index in [2.05, 4.69) is 33.2 Å². The van der Waals surface area contributed by atoms with Crippen molar-refractivity contribution < 1.29 is 9.57 Å². The van der Waals surface area contributed by atoms with Crippen LogP contribution in [-0.2, 0) is 16.2 Å². The van der Waals surface area contributed by atoms with Crippen molar-refractivity contribution in [1.29, 1.82) is 0 Å². The average Bonchev–Trinajstić information content (AvgIpc) is 2.91. The van der Waals surface area contributed by atoms with Gasteiger partial charge in [-0.15, -0.1) is 0 Å². The van der Waals surface area contributed by atoms with Crippen molar-refractivity contribution in [3.63, 3.8) is 0 Å². The van der Waals surface area contributed by atoms with E-state index in [0.717, 1.165) is 17.5 Å². The molecule has 3 atom stereocenters. The molecular weight excluding hydrogens is 282 g/mol. The van der Waals surface area contributed by atoms with Gasteiger partial charge in [-0.05, 0) is 27.9 Å². The van der Waals surface area contributed by atoms with E-state index in [-0.39, 0.29) is 12.2 Å². The molecule has 3 rings (SSSR count). The summed E-state index contributed by atoms with van der Waals surface area (Å²) >= 11 is 3.44. The number of nitrogens with zero attached hydrogens (tertiary/aromatic N) is 1. The van der Waals surface area contributed by atoms with E-state index in [1.165, 1.54) is 5.56 Å². The van der Waals surface area contributed by atoms with Gasteiger partial charge in [0.2, 0.25) is 0 Å². The zero-order valence-corrected chi connectivity index (χ0v) is 11.0. The third-order valence-corrected chi connectivity index (χ3v) is 4.10. The summed E-state index contributed by atoms with van der Waals surface area (Å²) in [5, 5.41) is 3.95. The lowest BCUT2D eigenvalue weighted by Gasteiger charge is -2.11. The Morgan fingerprint density at radius 3 is 2.88 bits per heavy atom. The molecule has 1 aromatic rings. The summed E-state index contributed by atoms with van der Waals surface area (Å²) in [6.07, 6.45) is 2.44. The number of halogens is 1. The maximum absolute atomic E-state index is 5.92. The molecule has 0 N–H and O–H groups in total. The van der Waals surface area contributed by atoms with E-state index >= 15 is 0 Å². The first kappa shape index (κ1) is 11.2. The number of hydrogen-bond donors (Lipinski definition) is 0. The number of oxime groups is 1. The molecule has 2 aliphatic rings. The summed E-state index contributed by atoms with van der Waals surface area (Å²) in [5.41, 5.74) is 1.22. The molecule has 0 saturated heterocycles. The Labute approximate surface area is 109 Å². The molecule has 1 aliphatic carbocycles. The van der Waals surface area contributed by atoms with Crippen LogP contribution < -0.4 is 0 Å². The number of rotatable bonds is 3. The smallest absolute Gasteiger partial charge is 0.139 e. The minimum Gasteiger partial charge on any atom is -0.391 e. The van der Waals surface area contributed by atoms with Crippen LogP contribution in [0.4, 0.5) is 0 Å². The highest BCUT2D eigenvalue weighted by atomic mass is 79.9. The lowest BCUT2D eigenvalue weighted by atomic mass is 10.1. The monoisotopic (exact) mass is 295 g/mol. The second-order valence-corrected chi connectivity index (χ2v) is 5.37. The van der Waals surface area contributed by atoms with Crippen molar-refractivity contribution >= 4 is 20.6 Å². The van der Waals surface area contributed by atoms with Crippen LogP contribution in [0.5, 0.6) is 0 Å². The third kappa shape index (κ3) is 2.38. The van der Waals surface area contributed by atoms with Crippen LogP contribution in [0.1, 0.15) is 18.4 Å². The van der Waals surface area contributed by atoms with E-state index in [4.69, 9.17) is 9.57 Å². The number of benzene rings is 1. The molecule has 1 aromatic carbocycles. The fourth-order valence-electron chi connectivity index (χ4n) is 2.43. The maximum Gasteiger partial charge on any atom is 0.139 e. The molecule has 3 nitrogen and oxygen atoms in total. The summed E-state index contributed by atoms with van der Waals surface area (Å²) in [7, 11) is 0. The number of ether oxygens (including phenoxy) is 1. The third-order valence-electron chi connectivity index (χ3n) is 3.37. The van der Waals surface area contributed by atoms with E-state index < -0.39 is 0 Å². The molecule has 1 fully saturated rings. The minimum atomic E-state index is 0.213. The Bertz CT molecular complexity index is 421. The topological polar surface area (TPSA) is 30.8 Å². The summed E-state index contributed by atoms with van der Waals surface area (Å²) in [5.74, 6) is 0.399. The van der Waals surface area contributed by atoms with Gasteiger partial charge in [-0.3, -0.25) is 0 Å². The van der Waals surface area contributed by atoms with Crippen molar-refractivity contribution in [2.24, 2.45) is 11.1 Å². The standard InChI is InChI=1S/C13H14BrNO2/c14-13-11-6-10(7-12(11)17-15-13)16-8-9-4-2-1-3-5-9/h1-5,10-12H,6-8H2/t10-,11+,12-/m1/s1. The largest absolute Gasteiger partial charge is 0.391 e. The van der Waals surface area contributed by atoms with Crippen LogP contribution in [0.2, 0.25) is 0 Å². The molecule has 17 heavy (non-hydrogen) atoms. The van der Waals surface area contributed by atoms with Gasteiger partial charge in [0.1, 0.15) is 10.7 Å². The Morgan fingerprint density at radius 1 is 1.29 bits per heavy atom. The fourth-order valence-corrected chi connectivity index (χ4v) is 3.00. The highest BCUT2D eigenvalue weighted by molar-refractivity contribution is 9.18. The Morgan fingerprint density at radius 2 is 2.12 bits per heavy atom. The lowest BCUT2D eigenvalue weighted by Crippen LogP contribution is -2.12. The molecule has 4 heteroatoms. The molecule has 0 unspecified atom stereocenters. The van der Waals surface area contributed by atoms with Gasteiger partial charge in [0, 0.05) is 6.42 Å². The van der Waals surface area contributed by atoms with Gasteiger partial charge >= 0.3 is 0 Å². The minimum absolute atomic E-state index is 0.213. The molecule has 1 heterocycles. The van der Waals surface area contributed by atoms with Crippen molar-refractivity contribution in [1.82, 2.24) is 0 Å². The van der Waals surface area contributed by atoms with Crippen LogP contribution in [0.15, 0.2) is 35.5 Å². The Kier molecular flexibility index (Phi) is 3.16. The highest BCUT2D eigenvalue weighted by Crippen LogP contribution is 2.37. The van der Waals surface area contributed by atoms with Gasteiger partial charge < -0.3 is 9.57 Å². The summed E-state index contributed by atoms with van der Waals surface area (Å²) < 4.78 is 6.86. The van der Waals surface area contributed by atoms with Gasteiger partial charge in [-0.1, -0.05) is 35.5 Å². The number of fused-ring (bicyclic) bond motifs is 1. The zero-order valence-electron chi connectivity index (χ0n) is 9.38. The molecule has 0 radical (unpaired) electrons. The van der Waals surface area contributed by atoms with Crippen LogP contribution >= 0.6 is 15.9 Å². The van der Waals surface area contributed by atoms with Gasteiger partial charge in [-0.25, -0.2) is 0 Å². The molecule has 0 bridgehead atoms. The number of hydrogen-bond acceptors (Lipinski definition) is 3. The summed E-state index contributed by atoms with van der Waals surface area (Å²) in [6.45, 7) is 0.680. The van der Waals surface area contributed by atoms with Crippen LogP contribution in [0.25, 0.3) is 0 Å². The van der Waals surface area contributed by atoms with Crippen LogP contribution in [0.3, 0.4) is 0 Å². The van der Waals surface area contributed by atoms with E-state index in [1.807, 2.05) is 18.2 Å². The predicted octanol–water partition coefficient (Wildman–Crippen LogP) is 3.09. The van der Waals surface area contributed by atoms with E-state index in [0.29, 0.717) is 12.5 Å². The first-order valence-electron chi connectivity index (χ1n) is 5.87. The predicted molar refractivity (Wildman–Crippen MR) is 69.0 cm³/mol. The molecule has 90 valence electrons. The second kappa shape index (κ2) is 4.78. The lowest BCUT2D eigenvalue weighted by molar-refractivity contribution is 0.0202. The van der Waals surface area contributed by atoms with Crippen molar-refractivity contribution in [3.8, 4) is 0 Å². The van der Waals surface area contributed by atoms with Crippen molar-refractivity contribution in [3.05, 3.63) is 35.9 Å². The van der Waals surface area contributed by atoms with Crippen LogP contribution in [0, 0.1) is 5.92 Å². The Balaban J connectivity index is 1.53. The van der Waals surface area contributed by atoms with Crippen LogP contribution in [-0.4, -0.2) is 16.8 Å². The van der Waals surface area contributed by atoms with Crippen molar-refractivity contribution in [2.45, 2.75) is 31.7 Å². The molecule has 0 aromatic heterocycles. The van der Waals surface area contributed by atoms with E-state index in [1.54, 1.807) is 0 Å². The molecular formula is C13H14BrNO2. The van der Waals surface area contributed by atoms with Gasteiger partial charge in [0.25, 0.3) is 0 Å². The zero-order chi connectivity index (χ0) is 11.7. The normalized spacial score (nSPS) is 30.9. The maximum atomic E-state index is 5.92. The second-order valence-electron chi connectivity index (χ2n) is 4.55. The summed E-state index contributed by atoms with van der Waals surface area (Å²) in [6, 6.07) is 10.3. The van der Waals surface area contributed by atoms with Gasteiger partial charge in [0.15, 0.2) is 0 Å². The van der Waals surface area contributed by atoms with Gasteiger partial charge in [-0.2, -0.15) is 0 Å². The molecule has 0 spiro atoms. The SMILES string of the molecule is BrC1=NO[C@@H]2C[C@H](OCc3ccccc3)C[C@H]12. The first-order valence-corrected chi connectivity index (χ1v) is 6.67. The Hall–Kier alpha value is -0.870. The average molecular weight is 296 g/mol. The van der Waals surface area contributed by atoms with Gasteiger partial charge in [0.05, 0.1) is 18.6 Å². The quantitative estimate of drug-likeness (QED) is 0.858. The molecule has 0 amide bonds. The highest BCUT2D eigenvalue weighted by Gasteiger charge is 2.42. The molecule has 1 saturated carbocycles. The molecule has 1 aliphatic heterocycles. The van der Waals surface area contributed by atoms with E-state index in [9.17, 15) is 0 Å². The fraction of sp³-hybridized carbons (Fsp3) is 0.462. The van der Waals surface area contributed by atoms with Crippen molar-refractivity contribution in [2.75, 3.05) is 0 Å². The first-order chi connectivity index (χ1) is 8.33.